The Labute approximate surface area is 163 Å². The smallest absolute Gasteiger partial charge is 0.244 e. The van der Waals surface area contributed by atoms with E-state index < -0.39 is 0 Å². The SMILES string of the molecule is Cc1ccc(/C=C/C(=O)N[C@@H](C)c2ccc(N3CCC[C@@H](C)C3)cc2)cc1. The molecule has 2 atom stereocenters. The van der Waals surface area contributed by atoms with E-state index in [4.69, 9.17) is 0 Å². The summed E-state index contributed by atoms with van der Waals surface area (Å²) in [6, 6.07) is 16.7. The van der Waals surface area contributed by atoms with Crippen LogP contribution in [-0.2, 0) is 4.79 Å². The van der Waals surface area contributed by atoms with Crippen molar-refractivity contribution in [2.75, 3.05) is 18.0 Å². The molecule has 3 rings (SSSR count). The number of nitrogens with one attached hydrogen (secondary N) is 1. The highest BCUT2D eigenvalue weighted by Gasteiger charge is 2.17. The summed E-state index contributed by atoms with van der Waals surface area (Å²) in [5.74, 6) is 0.689. The molecule has 0 bridgehead atoms. The van der Waals surface area contributed by atoms with E-state index in [0.29, 0.717) is 0 Å². The Balaban J connectivity index is 1.56. The molecule has 0 unspecified atom stereocenters. The van der Waals surface area contributed by atoms with Gasteiger partial charge >= 0.3 is 0 Å². The molecular formula is C24H30N2O. The second-order valence-corrected chi connectivity index (χ2v) is 7.76. The van der Waals surface area contributed by atoms with Crippen LogP contribution in [0.25, 0.3) is 6.08 Å². The third-order valence-electron chi connectivity index (χ3n) is 5.28. The molecule has 0 spiro atoms. The Morgan fingerprint density at radius 2 is 1.85 bits per heavy atom. The normalized spacial score (nSPS) is 18.5. The molecule has 1 aliphatic rings. The van der Waals surface area contributed by atoms with E-state index in [1.807, 2.05) is 37.3 Å². The standard InChI is InChI=1S/C24H30N2O/c1-18-6-8-21(9-7-18)10-15-24(27)25-20(3)22-11-13-23(14-12-22)26-16-4-5-19(2)17-26/h6-15,19-20H,4-5,16-17H2,1-3H3,(H,25,27)/b15-10+/t19-,20+/m1/s1. The van der Waals surface area contributed by atoms with Crippen molar-refractivity contribution in [3.63, 3.8) is 0 Å². The molecule has 1 saturated heterocycles. The molecule has 3 heteroatoms. The lowest BCUT2D eigenvalue weighted by Crippen LogP contribution is -2.34. The van der Waals surface area contributed by atoms with Gasteiger partial charge in [0.25, 0.3) is 0 Å². The van der Waals surface area contributed by atoms with Crippen LogP contribution in [0.5, 0.6) is 0 Å². The number of carbonyl (C=O) groups excluding carboxylic acids is 1. The van der Waals surface area contributed by atoms with Gasteiger partial charge in [-0.25, -0.2) is 0 Å². The van der Waals surface area contributed by atoms with Crippen molar-refractivity contribution in [1.29, 1.82) is 0 Å². The van der Waals surface area contributed by atoms with Crippen LogP contribution in [0, 0.1) is 12.8 Å². The fourth-order valence-electron chi connectivity index (χ4n) is 3.59. The van der Waals surface area contributed by atoms with Crippen LogP contribution in [0.2, 0.25) is 0 Å². The van der Waals surface area contributed by atoms with Gasteiger partial charge in [-0.3, -0.25) is 4.79 Å². The fourth-order valence-corrected chi connectivity index (χ4v) is 3.59. The topological polar surface area (TPSA) is 32.3 Å². The van der Waals surface area contributed by atoms with Gasteiger partial charge in [0.15, 0.2) is 0 Å². The Morgan fingerprint density at radius 1 is 1.15 bits per heavy atom. The number of rotatable bonds is 5. The zero-order valence-electron chi connectivity index (χ0n) is 16.6. The van der Waals surface area contributed by atoms with Gasteiger partial charge in [0, 0.05) is 24.9 Å². The molecule has 2 aromatic carbocycles. The van der Waals surface area contributed by atoms with Crippen molar-refractivity contribution < 1.29 is 4.79 Å². The second kappa shape index (κ2) is 8.90. The van der Waals surface area contributed by atoms with Crippen molar-refractivity contribution in [2.45, 2.75) is 39.7 Å². The number of benzene rings is 2. The zero-order valence-corrected chi connectivity index (χ0v) is 16.6. The molecule has 1 heterocycles. The van der Waals surface area contributed by atoms with Crippen molar-refractivity contribution >= 4 is 17.7 Å². The van der Waals surface area contributed by atoms with Crippen molar-refractivity contribution in [1.82, 2.24) is 5.32 Å². The van der Waals surface area contributed by atoms with Crippen molar-refractivity contribution in [2.24, 2.45) is 5.92 Å². The van der Waals surface area contributed by atoms with Crippen LogP contribution in [0.3, 0.4) is 0 Å². The van der Waals surface area contributed by atoms with Gasteiger partial charge in [-0.15, -0.1) is 0 Å². The summed E-state index contributed by atoms with van der Waals surface area (Å²) in [7, 11) is 0. The van der Waals surface area contributed by atoms with E-state index in [9.17, 15) is 4.79 Å². The zero-order chi connectivity index (χ0) is 19.2. The van der Waals surface area contributed by atoms with Gasteiger partial charge in [0.1, 0.15) is 0 Å². The summed E-state index contributed by atoms with van der Waals surface area (Å²) in [6.07, 6.45) is 6.04. The van der Waals surface area contributed by atoms with Gasteiger partial charge in [-0.1, -0.05) is 48.9 Å². The Bertz CT molecular complexity index is 777. The number of anilines is 1. The van der Waals surface area contributed by atoms with E-state index in [2.05, 4.69) is 48.3 Å². The van der Waals surface area contributed by atoms with Crippen LogP contribution < -0.4 is 10.2 Å². The van der Waals surface area contributed by atoms with E-state index in [1.54, 1.807) is 6.08 Å². The predicted octanol–water partition coefficient (Wildman–Crippen LogP) is 5.12. The largest absolute Gasteiger partial charge is 0.371 e. The van der Waals surface area contributed by atoms with Gasteiger partial charge in [-0.05, 0) is 61.9 Å². The molecule has 142 valence electrons. The van der Waals surface area contributed by atoms with E-state index in [-0.39, 0.29) is 11.9 Å². The Kier molecular flexibility index (Phi) is 6.33. The van der Waals surface area contributed by atoms with Gasteiger partial charge in [0.2, 0.25) is 5.91 Å². The summed E-state index contributed by atoms with van der Waals surface area (Å²) in [5.41, 5.74) is 4.65. The van der Waals surface area contributed by atoms with Gasteiger partial charge < -0.3 is 10.2 Å². The summed E-state index contributed by atoms with van der Waals surface area (Å²) in [5, 5.41) is 3.04. The average molecular weight is 363 g/mol. The number of amides is 1. The monoisotopic (exact) mass is 362 g/mol. The number of aryl methyl sites for hydroxylation is 1. The van der Waals surface area contributed by atoms with Crippen LogP contribution >= 0.6 is 0 Å². The van der Waals surface area contributed by atoms with Crippen LogP contribution in [0.4, 0.5) is 5.69 Å². The maximum atomic E-state index is 12.2. The second-order valence-electron chi connectivity index (χ2n) is 7.76. The van der Waals surface area contributed by atoms with E-state index >= 15 is 0 Å². The summed E-state index contributed by atoms with van der Waals surface area (Å²) in [6.45, 7) is 8.67. The van der Waals surface area contributed by atoms with E-state index in [1.165, 1.54) is 24.1 Å². The highest BCUT2D eigenvalue weighted by atomic mass is 16.1. The van der Waals surface area contributed by atoms with Crippen LogP contribution in [-0.4, -0.2) is 19.0 Å². The minimum Gasteiger partial charge on any atom is -0.371 e. The lowest BCUT2D eigenvalue weighted by atomic mass is 9.99. The van der Waals surface area contributed by atoms with Crippen molar-refractivity contribution in [3.8, 4) is 0 Å². The molecule has 1 N–H and O–H groups in total. The fraction of sp³-hybridized carbons (Fsp3) is 0.375. The summed E-state index contributed by atoms with van der Waals surface area (Å²) >= 11 is 0. The first-order chi connectivity index (χ1) is 13.0. The lowest BCUT2D eigenvalue weighted by Gasteiger charge is -2.33. The molecule has 2 aromatic rings. The lowest BCUT2D eigenvalue weighted by molar-refractivity contribution is -0.117. The van der Waals surface area contributed by atoms with Crippen molar-refractivity contribution in [3.05, 3.63) is 71.3 Å². The van der Waals surface area contributed by atoms with Gasteiger partial charge in [-0.2, -0.15) is 0 Å². The minimum absolute atomic E-state index is 0.0190. The van der Waals surface area contributed by atoms with E-state index in [0.717, 1.165) is 30.1 Å². The predicted molar refractivity (Wildman–Crippen MR) is 114 cm³/mol. The number of hydrogen-bond donors (Lipinski definition) is 1. The third kappa shape index (κ3) is 5.46. The van der Waals surface area contributed by atoms with Crippen LogP contribution in [0.1, 0.15) is 49.4 Å². The Hall–Kier alpha value is -2.55. The van der Waals surface area contributed by atoms with Gasteiger partial charge in [0.05, 0.1) is 6.04 Å². The number of carbonyl (C=O) groups is 1. The molecular weight excluding hydrogens is 332 g/mol. The average Bonchev–Trinajstić information content (AvgIpc) is 2.67. The molecule has 0 radical (unpaired) electrons. The molecule has 1 aliphatic heterocycles. The first-order valence-corrected chi connectivity index (χ1v) is 9.91. The summed E-state index contributed by atoms with van der Waals surface area (Å²) < 4.78 is 0. The minimum atomic E-state index is -0.0722. The molecule has 1 amide bonds. The molecule has 1 fully saturated rings. The first kappa shape index (κ1) is 19.2. The maximum Gasteiger partial charge on any atom is 0.244 e. The first-order valence-electron chi connectivity index (χ1n) is 9.91. The molecule has 27 heavy (non-hydrogen) atoms. The number of hydrogen-bond acceptors (Lipinski definition) is 2. The maximum absolute atomic E-state index is 12.2. The molecule has 0 saturated carbocycles. The molecule has 0 aromatic heterocycles. The number of piperidine rings is 1. The van der Waals surface area contributed by atoms with Crippen LogP contribution in [0.15, 0.2) is 54.6 Å². The molecule has 0 aliphatic carbocycles. The third-order valence-corrected chi connectivity index (χ3v) is 5.28. The number of nitrogens with zero attached hydrogens (tertiary/aromatic N) is 1. The highest BCUT2D eigenvalue weighted by molar-refractivity contribution is 5.91. The quantitative estimate of drug-likeness (QED) is 0.749. The molecule has 3 nitrogen and oxygen atoms in total. The Morgan fingerprint density at radius 3 is 2.52 bits per heavy atom. The highest BCUT2D eigenvalue weighted by Crippen LogP contribution is 2.24. The summed E-state index contributed by atoms with van der Waals surface area (Å²) in [4.78, 5) is 14.7.